The topological polar surface area (TPSA) is 19.6 Å². The molecule has 0 aliphatic rings. The van der Waals surface area contributed by atoms with Crippen molar-refractivity contribution in [2.45, 2.75) is 119 Å². The van der Waals surface area contributed by atoms with Gasteiger partial charge in [0.15, 0.2) is 0 Å². The summed E-state index contributed by atoms with van der Waals surface area (Å²) in [5.74, 6) is 2.58. The number of nitrogens with zero attached hydrogens (tertiary/aromatic N) is 2. The van der Waals surface area contributed by atoms with Gasteiger partial charge in [-0.2, -0.15) is 0 Å². The van der Waals surface area contributed by atoms with Crippen LogP contribution in [0.25, 0.3) is 65.7 Å². The Balaban J connectivity index is 1.03. The van der Waals surface area contributed by atoms with Crippen molar-refractivity contribution in [2.75, 3.05) is 9.80 Å². The third kappa shape index (κ3) is 10.1. The number of hydrogen-bond donors (Lipinski definition) is 0. The van der Waals surface area contributed by atoms with Gasteiger partial charge in [-0.1, -0.05) is 180 Å². The molecular formula is C74H74N2O. The summed E-state index contributed by atoms with van der Waals surface area (Å²) in [7, 11) is 0. The van der Waals surface area contributed by atoms with E-state index in [4.69, 9.17) is 4.42 Å². The molecule has 0 radical (unpaired) electrons. The Labute approximate surface area is 457 Å². The molecule has 3 heteroatoms. The first-order chi connectivity index (χ1) is 37.1. The van der Waals surface area contributed by atoms with Crippen LogP contribution in [0.4, 0.5) is 34.1 Å². The van der Waals surface area contributed by atoms with Crippen LogP contribution in [0, 0.1) is 0 Å². The molecule has 1 heterocycles. The summed E-state index contributed by atoms with van der Waals surface area (Å²) in [4.78, 5) is 4.89. The van der Waals surface area contributed by atoms with Crippen molar-refractivity contribution >= 4 is 77.6 Å². The molecule has 386 valence electrons. The van der Waals surface area contributed by atoms with Crippen LogP contribution in [-0.2, 0) is 0 Å². The maximum atomic E-state index is 6.93. The monoisotopic (exact) mass is 1010 g/mol. The molecule has 0 saturated carbocycles. The van der Waals surface area contributed by atoms with Crippen molar-refractivity contribution in [3.63, 3.8) is 0 Å². The first kappa shape index (κ1) is 51.2. The molecule has 0 atom stereocenters. The average Bonchev–Trinajstić information content (AvgIpc) is 3.96. The van der Waals surface area contributed by atoms with Gasteiger partial charge >= 0.3 is 0 Å². The van der Waals surface area contributed by atoms with E-state index in [1.807, 2.05) is 0 Å². The zero-order valence-electron chi connectivity index (χ0n) is 47.2. The summed E-state index contributed by atoms with van der Waals surface area (Å²) in [5, 5.41) is 6.84. The Morgan fingerprint density at radius 3 is 0.883 bits per heavy atom. The highest BCUT2D eigenvalue weighted by Crippen LogP contribution is 2.47. The fraction of sp³-hybridized carbons (Fsp3) is 0.243. The average molecular weight is 1010 g/mol. The standard InChI is InChI=1S/C74H74N2O/c1-45(2)51-13-17-55(18-14-51)67-39-57(49(9)10)27-35-71(67)75(63-29-21-53(22-30-63)47(5)6)65-33-25-59-41-69-70-42-60-26-34-66(38-62(60)44-74(70)77-73(69)43-61(59)37-65)76(64-31-23-54(24-32-64)48(7)8)72-36-28-58(50(11)12)40-68(72)56-19-15-52(16-20-56)46(3)4/h13-50H,1-12H3. The molecule has 0 spiro atoms. The molecule has 0 fully saturated rings. The fourth-order valence-electron chi connectivity index (χ4n) is 11.2. The van der Waals surface area contributed by atoms with Gasteiger partial charge in [0.25, 0.3) is 0 Å². The van der Waals surface area contributed by atoms with E-state index in [-0.39, 0.29) is 0 Å². The van der Waals surface area contributed by atoms with Gasteiger partial charge in [0.05, 0.1) is 11.4 Å². The predicted molar refractivity (Wildman–Crippen MR) is 334 cm³/mol. The van der Waals surface area contributed by atoms with Gasteiger partial charge in [0.2, 0.25) is 0 Å². The molecule has 0 N–H and O–H groups in total. The molecule has 1 aromatic heterocycles. The van der Waals surface area contributed by atoms with Gasteiger partial charge in [-0.25, -0.2) is 0 Å². The highest BCUT2D eigenvalue weighted by molar-refractivity contribution is 6.14. The second-order valence-electron chi connectivity index (χ2n) is 23.4. The molecule has 0 bridgehead atoms. The first-order valence-electron chi connectivity index (χ1n) is 28.2. The molecule has 0 saturated heterocycles. The highest BCUT2D eigenvalue weighted by atomic mass is 16.3. The van der Waals surface area contributed by atoms with Gasteiger partial charge in [-0.15, -0.1) is 0 Å². The van der Waals surface area contributed by atoms with Crippen molar-refractivity contribution in [1.82, 2.24) is 0 Å². The lowest BCUT2D eigenvalue weighted by Gasteiger charge is -2.29. The minimum Gasteiger partial charge on any atom is -0.456 e. The second-order valence-corrected chi connectivity index (χ2v) is 23.4. The van der Waals surface area contributed by atoms with Crippen molar-refractivity contribution in [3.05, 3.63) is 228 Å². The molecule has 3 nitrogen and oxygen atoms in total. The minimum absolute atomic E-state index is 0.393. The van der Waals surface area contributed by atoms with Gasteiger partial charge in [0.1, 0.15) is 11.2 Å². The summed E-state index contributed by atoms with van der Waals surface area (Å²) in [5.41, 5.74) is 21.3. The number of hydrogen-bond acceptors (Lipinski definition) is 3. The molecular weight excluding hydrogens is 933 g/mol. The van der Waals surface area contributed by atoms with Crippen molar-refractivity contribution in [3.8, 4) is 22.3 Å². The zero-order valence-corrected chi connectivity index (χ0v) is 47.2. The Morgan fingerprint density at radius 2 is 0.558 bits per heavy atom. The van der Waals surface area contributed by atoms with Crippen LogP contribution in [0.3, 0.4) is 0 Å². The lowest BCUT2D eigenvalue weighted by molar-refractivity contribution is 0.670. The normalized spacial score (nSPS) is 12.1. The maximum Gasteiger partial charge on any atom is 0.136 e. The van der Waals surface area contributed by atoms with E-state index < -0.39 is 0 Å². The van der Waals surface area contributed by atoms with Crippen LogP contribution < -0.4 is 9.80 Å². The van der Waals surface area contributed by atoms with Crippen LogP contribution in [0.1, 0.15) is 152 Å². The first-order valence-corrected chi connectivity index (χ1v) is 28.2. The third-order valence-electron chi connectivity index (χ3n) is 16.1. The summed E-state index contributed by atoms with van der Waals surface area (Å²) < 4.78 is 6.93. The van der Waals surface area contributed by atoms with Crippen LogP contribution in [0.15, 0.2) is 199 Å². The van der Waals surface area contributed by atoms with E-state index in [9.17, 15) is 0 Å². The van der Waals surface area contributed by atoms with Gasteiger partial charge in [-0.3, -0.25) is 0 Å². The predicted octanol–water partition coefficient (Wildman–Crippen LogP) is 22.9. The molecule has 11 aromatic rings. The molecule has 10 aromatic carbocycles. The van der Waals surface area contributed by atoms with E-state index >= 15 is 0 Å². The molecule has 77 heavy (non-hydrogen) atoms. The van der Waals surface area contributed by atoms with Crippen molar-refractivity contribution in [2.24, 2.45) is 0 Å². The van der Waals surface area contributed by atoms with Gasteiger partial charge in [0, 0.05) is 44.6 Å². The summed E-state index contributed by atoms with van der Waals surface area (Å²) in [6.07, 6.45) is 0. The minimum atomic E-state index is 0.393. The molecule has 0 amide bonds. The smallest absolute Gasteiger partial charge is 0.136 e. The summed E-state index contributed by atoms with van der Waals surface area (Å²) in [6, 6.07) is 73.7. The third-order valence-corrected chi connectivity index (χ3v) is 16.1. The quantitative estimate of drug-likeness (QED) is 0.108. The Hall–Kier alpha value is -7.88. The number of rotatable bonds is 14. The largest absolute Gasteiger partial charge is 0.456 e. The fourth-order valence-corrected chi connectivity index (χ4v) is 11.2. The van der Waals surface area contributed by atoms with Crippen molar-refractivity contribution in [1.29, 1.82) is 0 Å². The van der Waals surface area contributed by atoms with Crippen LogP contribution in [0.2, 0.25) is 0 Å². The van der Waals surface area contributed by atoms with E-state index in [2.05, 4.69) is 287 Å². The molecule has 0 unspecified atom stereocenters. The van der Waals surface area contributed by atoms with Crippen LogP contribution in [0.5, 0.6) is 0 Å². The van der Waals surface area contributed by atoms with Crippen molar-refractivity contribution < 1.29 is 4.42 Å². The summed E-state index contributed by atoms with van der Waals surface area (Å²) >= 11 is 0. The number of anilines is 6. The molecule has 0 aliphatic carbocycles. The van der Waals surface area contributed by atoms with E-state index in [0.29, 0.717) is 35.5 Å². The Kier molecular flexibility index (Phi) is 13.9. The van der Waals surface area contributed by atoms with E-state index in [1.165, 1.54) is 66.4 Å². The molecule has 0 aliphatic heterocycles. The van der Waals surface area contributed by atoms with Gasteiger partial charge < -0.3 is 14.2 Å². The van der Waals surface area contributed by atoms with E-state index in [0.717, 1.165) is 66.8 Å². The highest BCUT2D eigenvalue weighted by Gasteiger charge is 2.23. The van der Waals surface area contributed by atoms with Crippen LogP contribution >= 0.6 is 0 Å². The Bertz CT molecular complexity index is 3650. The van der Waals surface area contributed by atoms with Gasteiger partial charge in [-0.05, 0) is 199 Å². The number of benzene rings is 10. The lowest BCUT2D eigenvalue weighted by Crippen LogP contribution is -2.12. The SMILES string of the molecule is CC(C)c1ccc(-c2cc(C(C)C)ccc2N(c2ccc(C(C)C)cc2)c2ccc3cc4c(cc3c2)oc2cc3cc(N(c5ccc(C(C)C)cc5)c5ccc(C(C)C)cc5-c5ccc(C(C)C)cc5)ccc3cc24)cc1. The van der Waals surface area contributed by atoms with Crippen LogP contribution in [-0.4, -0.2) is 0 Å². The van der Waals surface area contributed by atoms with E-state index in [1.54, 1.807) is 0 Å². The summed E-state index contributed by atoms with van der Waals surface area (Å²) in [6.45, 7) is 27.2. The number of furan rings is 1. The number of fused-ring (bicyclic) bond motifs is 5. The zero-order chi connectivity index (χ0) is 53.8. The second kappa shape index (κ2) is 20.9. The lowest BCUT2D eigenvalue weighted by atomic mass is 9.93. The Morgan fingerprint density at radius 1 is 0.260 bits per heavy atom. The maximum absolute atomic E-state index is 6.93. The molecule has 11 rings (SSSR count).